The molecule has 2 heterocycles. The second kappa shape index (κ2) is 5.18. The number of aromatic nitrogens is 4. The molecule has 20 heavy (non-hydrogen) atoms. The average molecular weight is 270 g/mol. The summed E-state index contributed by atoms with van der Waals surface area (Å²) in [6.45, 7) is 0. The fourth-order valence-electron chi connectivity index (χ4n) is 1.85. The highest BCUT2D eigenvalue weighted by Gasteiger charge is 2.18. The van der Waals surface area contributed by atoms with Gasteiger partial charge >= 0.3 is 0 Å². The van der Waals surface area contributed by atoms with Crippen molar-refractivity contribution in [1.29, 1.82) is 0 Å². The molecule has 1 N–H and O–H groups in total. The fraction of sp³-hybridized carbons (Fsp3) is 0.0714. The Kier molecular flexibility index (Phi) is 3.22. The maximum Gasteiger partial charge on any atom is 0.147 e. The van der Waals surface area contributed by atoms with Crippen molar-refractivity contribution in [2.75, 3.05) is 0 Å². The lowest BCUT2D eigenvalue weighted by molar-refractivity contribution is 0.209. The molecule has 5 nitrogen and oxygen atoms in total. The molecule has 1 unspecified atom stereocenters. The number of aliphatic hydroxyl groups excluding tert-OH is 1. The van der Waals surface area contributed by atoms with Crippen molar-refractivity contribution in [2.24, 2.45) is 0 Å². The summed E-state index contributed by atoms with van der Waals surface area (Å²) in [5.41, 5.74) is 1.17. The van der Waals surface area contributed by atoms with Crippen LogP contribution in [-0.4, -0.2) is 25.1 Å². The van der Waals surface area contributed by atoms with Crippen molar-refractivity contribution < 1.29 is 9.50 Å². The normalized spacial score (nSPS) is 12.3. The van der Waals surface area contributed by atoms with Crippen molar-refractivity contribution >= 4 is 0 Å². The molecule has 1 aromatic carbocycles. The SMILES string of the molecule is OC(c1cnn(-c2ccccc2)n1)c1ccncc1F. The molecule has 6 heteroatoms. The predicted octanol–water partition coefficient (Wildman–Crippen LogP) is 1.88. The lowest BCUT2D eigenvalue weighted by Gasteiger charge is -2.07. The van der Waals surface area contributed by atoms with Gasteiger partial charge in [0.2, 0.25) is 0 Å². The van der Waals surface area contributed by atoms with Crippen LogP contribution in [0.2, 0.25) is 0 Å². The summed E-state index contributed by atoms with van der Waals surface area (Å²) in [6, 6.07) is 10.7. The lowest BCUT2D eigenvalue weighted by Crippen LogP contribution is -2.05. The zero-order valence-corrected chi connectivity index (χ0v) is 10.4. The van der Waals surface area contributed by atoms with Gasteiger partial charge in [-0.2, -0.15) is 15.0 Å². The molecule has 0 saturated carbocycles. The number of benzene rings is 1. The average Bonchev–Trinajstić information content (AvgIpc) is 2.98. The van der Waals surface area contributed by atoms with Crippen LogP contribution in [-0.2, 0) is 0 Å². The Morgan fingerprint density at radius 2 is 1.90 bits per heavy atom. The number of nitrogens with zero attached hydrogens (tertiary/aromatic N) is 4. The molecule has 1 atom stereocenters. The molecule has 0 spiro atoms. The third-order valence-corrected chi connectivity index (χ3v) is 2.88. The van der Waals surface area contributed by atoms with Crippen LogP contribution < -0.4 is 0 Å². The lowest BCUT2D eigenvalue weighted by atomic mass is 10.1. The van der Waals surface area contributed by atoms with E-state index in [1.807, 2.05) is 30.3 Å². The summed E-state index contributed by atoms with van der Waals surface area (Å²) in [4.78, 5) is 5.03. The van der Waals surface area contributed by atoms with Crippen LogP contribution in [0.15, 0.2) is 55.0 Å². The van der Waals surface area contributed by atoms with Gasteiger partial charge < -0.3 is 5.11 Å². The molecular formula is C14H11FN4O. The molecule has 0 bridgehead atoms. The van der Waals surface area contributed by atoms with Gasteiger partial charge in [0.15, 0.2) is 0 Å². The van der Waals surface area contributed by atoms with Gasteiger partial charge in [-0.15, -0.1) is 0 Å². The Morgan fingerprint density at radius 1 is 1.10 bits per heavy atom. The van der Waals surface area contributed by atoms with Gasteiger partial charge in [0.05, 0.1) is 18.1 Å². The standard InChI is InChI=1S/C14H11FN4O/c15-12-8-16-7-6-11(12)14(20)13-9-17-19(18-13)10-4-2-1-3-5-10/h1-9,14,20H. The van der Waals surface area contributed by atoms with Gasteiger partial charge in [-0.25, -0.2) is 4.39 Å². The highest BCUT2D eigenvalue weighted by atomic mass is 19.1. The van der Waals surface area contributed by atoms with Gasteiger partial charge in [0.1, 0.15) is 17.6 Å². The van der Waals surface area contributed by atoms with E-state index in [0.717, 1.165) is 11.9 Å². The molecule has 100 valence electrons. The van der Waals surface area contributed by atoms with Gasteiger partial charge in [-0.1, -0.05) is 18.2 Å². The van der Waals surface area contributed by atoms with E-state index in [9.17, 15) is 9.50 Å². The van der Waals surface area contributed by atoms with E-state index in [-0.39, 0.29) is 11.3 Å². The van der Waals surface area contributed by atoms with Crippen molar-refractivity contribution in [1.82, 2.24) is 20.0 Å². The molecule has 3 aromatic rings. The molecule has 0 amide bonds. The summed E-state index contributed by atoms with van der Waals surface area (Å²) in [5, 5.41) is 18.4. The number of halogens is 1. The monoisotopic (exact) mass is 270 g/mol. The molecule has 0 saturated heterocycles. The third kappa shape index (κ3) is 2.28. The number of rotatable bonds is 3. The van der Waals surface area contributed by atoms with Gasteiger partial charge in [0.25, 0.3) is 0 Å². The molecule has 3 rings (SSSR count). The van der Waals surface area contributed by atoms with Crippen molar-refractivity contribution in [3.05, 3.63) is 72.1 Å². The molecule has 0 radical (unpaired) electrons. The predicted molar refractivity (Wildman–Crippen MR) is 69.6 cm³/mol. The summed E-state index contributed by atoms with van der Waals surface area (Å²) < 4.78 is 13.6. The fourth-order valence-corrected chi connectivity index (χ4v) is 1.85. The highest BCUT2D eigenvalue weighted by Crippen LogP contribution is 2.21. The van der Waals surface area contributed by atoms with Crippen LogP contribution in [0, 0.1) is 5.82 Å². The Morgan fingerprint density at radius 3 is 2.65 bits per heavy atom. The molecule has 0 fully saturated rings. The van der Waals surface area contributed by atoms with Crippen molar-refractivity contribution in [3.8, 4) is 5.69 Å². The number of hydrogen-bond acceptors (Lipinski definition) is 4. The van der Waals surface area contributed by atoms with Crippen LogP contribution >= 0.6 is 0 Å². The quantitative estimate of drug-likeness (QED) is 0.789. The van der Waals surface area contributed by atoms with Crippen molar-refractivity contribution in [3.63, 3.8) is 0 Å². The van der Waals surface area contributed by atoms with Crippen LogP contribution in [0.4, 0.5) is 4.39 Å². The molecule has 2 aromatic heterocycles. The van der Waals surface area contributed by atoms with E-state index in [1.54, 1.807) is 0 Å². The first-order valence-corrected chi connectivity index (χ1v) is 6.01. The minimum absolute atomic E-state index is 0.125. The van der Waals surface area contributed by atoms with E-state index < -0.39 is 11.9 Å². The molecule has 0 aliphatic heterocycles. The smallest absolute Gasteiger partial charge is 0.147 e. The number of hydrogen-bond donors (Lipinski definition) is 1. The Balaban J connectivity index is 1.93. The van der Waals surface area contributed by atoms with Gasteiger partial charge in [0, 0.05) is 11.8 Å². The maximum absolute atomic E-state index is 13.6. The first-order valence-electron chi connectivity index (χ1n) is 6.01. The highest BCUT2D eigenvalue weighted by molar-refractivity contribution is 5.29. The maximum atomic E-state index is 13.6. The molecular weight excluding hydrogens is 259 g/mol. The van der Waals surface area contributed by atoms with Crippen molar-refractivity contribution in [2.45, 2.75) is 6.10 Å². The van der Waals surface area contributed by atoms with Crippen LogP contribution in [0.5, 0.6) is 0 Å². The van der Waals surface area contributed by atoms with Crippen LogP contribution in [0.25, 0.3) is 5.69 Å². The number of pyridine rings is 1. The third-order valence-electron chi connectivity index (χ3n) is 2.88. The summed E-state index contributed by atoms with van der Waals surface area (Å²) in [7, 11) is 0. The Labute approximate surface area is 114 Å². The van der Waals surface area contributed by atoms with E-state index >= 15 is 0 Å². The number of para-hydroxylation sites is 1. The summed E-state index contributed by atoms with van der Waals surface area (Å²) in [6.07, 6.45) is 2.72. The topological polar surface area (TPSA) is 63.8 Å². The van der Waals surface area contributed by atoms with Gasteiger partial charge in [-0.05, 0) is 18.2 Å². The molecule has 0 aliphatic carbocycles. The van der Waals surface area contributed by atoms with Crippen LogP contribution in [0.3, 0.4) is 0 Å². The second-order valence-electron chi connectivity index (χ2n) is 4.19. The van der Waals surface area contributed by atoms with E-state index in [4.69, 9.17) is 0 Å². The first-order chi connectivity index (χ1) is 9.75. The molecule has 0 aliphatic rings. The zero-order valence-electron chi connectivity index (χ0n) is 10.4. The Hall–Kier alpha value is -2.60. The van der Waals surface area contributed by atoms with Crippen LogP contribution in [0.1, 0.15) is 17.4 Å². The summed E-state index contributed by atoms with van der Waals surface area (Å²) in [5.74, 6) is -0.575. The minimum atomic E-state index is -1.17. The Bertz CT molecular complexity index is 714. The van der Waals surface area contributed by atoms with E-state index in [2.05, 4.69) is 15.2 Å². The first kappa shape index (κ1) is 12.4. The van der Waals surface area contributed by atoms with Gasteiger partial charge in [-0.3, -0.25) is 4.98 Å². The summed E-state index contributed by atoms with van der Waals surface area (Å²) >= 11 is 0. The largest absolute Gasteiger partial charge is 0.382 e. The van der Waals surface area contributed by atoms with E-state index in [1.165, 1.54) is 23.3 Å². The zero-order chi connectivity index (χ0) is 13.9. The van der Waals surface area contributed by atoms with E-state index in [0.29, 0.717) is 0 Å². The minimum Gasteiger partial charge on any atom is -0.382 e. The second-order valence-corrected chi connectivity index (χ2v) is 4.19. The number of aliphatic hydroxyl groups is 1.